The van der Waals surface area contributed by atoms with Crippen molar-refractivity contribution < 1.29 is 23.5 Å². The van der Waals surface area contributed by atoms with E-state index in [1.54, 1.807) is 19.1 Å². The van der Waals surface area contributed by atoms with E-state index in [1.807, 2.05) is 0 Å². The van der Waals surface area contributed by atoms with Gasteiger partial charge >= 0.3 is 5.97 Å². The molecule has 116 valence electrons. The largest absolute Gasteiger partial charge is 0.466 e. The smallest absolute Gasteiger partial charge is 0.307 e. The Morgan fingerprint density at radius 3 is 2.67 bits per heavy atom. The number of hydrogen-bond acceptors (Lipinski definition) is 5. The van der Waals surface area contributed by atoms with Gasteiger partial charge in [0.25, 0.3) is 5.91 Å². The number of ether oxygens (including phenoxy) is 1. The summed E-state index contributed by atoms with van der Waals surface area (Å²) >= 11 is 0. The van der Waals surface area contributed by atoms with E-state index in [0.29, 0.717) is 19.7 Å². The predicted molar refractivity (Wildman–Crippen MR) is 74.5 cm³/mol. The molecule has 0 spiro atoms. The maximum absolute atomic E-state index is 12.2. The lowest BCUT2D eigenvalue weighted by atomic mass is 10.3. The van der Waals surface area contributed by atoms with Crippen LogP contribution in [0.2, 0.25) is 0 Å². The first-order valence-corrected chi connectivity index (χ1v) is 6.77. The summed E-state index contributed by atoms with van der Waals surface area (Å²) in [6, 6.07) is 3.17. The van der Waals surface area contributed by atoms with Gasteiger partial charge in [-0.05, 0) is 19.1 Å². The SMILES string of the molecule is CCOC(=O)CCN(CCNC(C)=O)C(=O)c1ccco1. The van der Waals surface area contributed by atoms with Crippen molar-refractivity contribution >= 4 is 17.8 Å². The lowest BCUT2D eigenvalue weighted by Crippen LogP contribution is -2.39. The van der Waals surface area contributed by atoms with E-state index in [0.717, 1.165) is 0 Å². The molecule has 7 heteroatoms. The summed E-state index contributed by atoms with van der Waals surface area (Å²) in [6.07, 6.45) is 1.50. The third-order valence-electron chi connectivity index (χ3n) is 2.67. The minimum atomic E-state index is -0.366. The molecule has 1 rings (SSSR count). The Kier molecular flexibility index (Phi) is 7.00. The summed E-state index contributed by atoms with van der Waals surface area (Å²) in [5.41, 5.74) is 0. The van der Waals surface area contributed by atoms with E-state index >= 15 is 0 Å². The number of carbonyl (C=O) groups is 3. The summed E-state index contributed by atoms with van der Waals surface area (Å²) in [6.45, 7) is 4.23. The molecule has 0 aromatic carbocycles. The van der Waals surface area contributed by atoms with Crippen molar-refractivity contribution in [2.45, 2.75) is 20.3 Å². The molecule has 1 aromatic heterocycles. The second-order valence-electron chi connectivity index (χ2n) is 4.31. The van der Waals surface area contributed by atoms with Crippen LogP contribution in [0.15, 0.2) is 22.8 Å². The highest BCUT2D eigenvalue weighted by Gasteiger charge is 2.19. The van der Waals surface area contributed by atoms with E-state index in [2.05, 4.69) is 5.32 Å². The first-order valence-electron chi connectivity index (χ1n) is 6.77. The number of esters is 1. The second-order valence-corrected chi connectivity index (χ2v) is 4.31. The molecule has 0 saturated carbocycles. The minimum Gasteiger partial charge on any atom is -0.466 e. The number of rotatable bonds is 8. The van der Waals surface area contributed by atoms with Crippen molar-refractivity contribution in [3.8, 4) is 0 Å². The van der Waals surface area contributed by atoms with Crippen molar-refractivity contribution in [3.05, 3.63) is 24.2 Å². The van der Waals surface area contributed by atoms with Gasteiger partial charge in [0.05, 0.1) is 19.3 Å². The van der Waals surface area contributed by atoms with Crippen molar-refractivity contribution in [2.24, 2.45) is 0 Å². The summed E-state index contributed by atoms with van der Waals surface area (Å²) in [4.78, 5) is 35.9. The minimum absolute atomic E-state index is 0.0976. The summed E-state index contributed by atoms with van der Waals surface area (Å²) in [5.74, 6) is -0.670. The van der Waals surface area contributed by atoms with Crippen molar-refractivity contribution in [3.63, 3.8) is 0 Å². The second kappa shape index (κ2) is 8.78. The Labute approximate surface area is 123 Å². The van der Waals surface area contributed by atoms with Crippen molar-refractivity contribution in [1.29, 1.82) is 0 Å². The molecule has 1 aromatic rings. The van der Waals surface area contributed by atoms with Gasteiger partial charge in [-0.25, -0.2) is 0 Å². The molecule has 0 fully saturated rings. The molecule has 1 N–H and O–H groups in total. The molecule has 0 aliphatic rings. The molecule has 0 atom stereocenters. The normalized spacial score (nSPS) is 10.0. The first-order chi connectivity index (χ1) is 10.0. The Morgan fingerprint density at radius 1 is 1.33 bits per heavy atom. The van der Waals surface area contributed by atoms with Crippen molar-refractivity contribution in [2.75, 3.05) is 26.2 Å². The Morgan fingerprint density at radius 2 is 2.10 bits per heavy atom. The lowest BCUT2D eigenvalue weighted by molar-refractivity contribution is -0.143. The highest BCUT2D eigenvalue weighted by Crippen LogP contribution is 2.06. The van der Waals surface area contributed by atoms with Crippen LogP contribution in [0.1, 0.15) is 30.8 Å². The molecule has 0 aliphatic heterocycles. The van der Waals surface area contributed by atoms with Gasteiger partial charge in [0.1, 0.15) is 0 Å². The number of amides is 2. The zero-order chi connectivity index (χ0) is 15.7. The van der Waals surface area contributed by atoms with Crippen LogP contribution < -0.4 is 5.32 Å². The van der Waals surface area contributed by atoms with Gasteiger partial charge in [-0.2, -0.15) is 0 Å². The highest BCUT2D eigenvalue weighted by molar-refractivity contribution is 5.91. The van der Waals surface area contributed by atoms with Crippen LogP contribution in [0.4, 0.5) is 0 Å². The molecule has 1 heterocycles. The third-order valence-corrected chi connectivity index (χ3v) is 2.67. The van der Waals surface area contributed by atoms with Gasteiger partial charge in [-0.1, -0.05) is 0 Å². The zero-order valence-electron chi connectivity index (χ0n) is 12.3. The van der Waals surface area contributed by atoms with Crippen LogP contribution in [-0.4, -0.2) is 48.9 Å². The fourth-order valence-corrected chi connectivity index (χ4v) is 1.70. The Balaban J connectivity index is 2.58. The third kappa shape index (κ3) is 6.11. The van der Waals surface area contributed by atoms with E-state index in [4.69, 9.17) is 9.15 Å². The quantitative estimate of drug-likeness (QED) is 0.717. The zero-order valence-corrected chi connectivity index (χ0v) is 12.3. The number of hydrogen-bond donors (Lipinski definition) is 1. The van der Waals surface area contributed by atoms with Crippen LogP contribution >= 0.6 is 0 Å². The average Bonchev–Trinajstić information content (AvgIpc) is 2.95. The van der Waals surface area contributed by atoms with Crippen LogP contribution in [0.5, 0.6) is 0 Å². The van der Waals surface area contributed by atoms with Gasteiger partial charge in [-0.15, -0.1) is 0 Å². The fraction of sp³-hybridized carbons (Fsp3) is 0.500. The predicted octanol–water partition coefficient (Wildman–Crippen LogP) is 0.811. The molecule has 0 aliphatic carbocycles. The number of furan rings is 1. The molecular formula is C14H20N2O5. The average molecular weight is 296 g/mol. The van der Waals surface area contributed by atoms with Crippen LogP contribution in [0.3, 0.4) is 0 Å². The topological polar surface area (TPSA) is 88.9 Å². The van der Waals surface area contributed by atoms with Gasteiger partial charge in [0, 0.05) is 26.6 Å². The standard InChI is InChI=1S/C14H20N2O5/c1-3-20-13(18)6-8-16(9-7-15-11(2)17)14(19)12-5-4-10-21-12/h4-5,10H,3,6-9H2,1-2H3,(H,15,17). The fourth-order valence-electron chi connectivity index (χ4n) is 1.70. The molecule has 2 amide bonds. The molecule has 0 unspecified atom stereocenters. The molecule has 0 bridgehead atoms. The number of nitrogens with zero attached hydrogens (tertiary/aromatic N) is 1. The summed E-state index contributed by atoms with van der Waals surface area (Å²) in [7, 11) is 0. The van der Waals surface area contributed by atoms with E-state index in [-0.39, 0.29) is 36.5 Å². The van der Waals surface area contributed by atoms with Crippen LogP contribution in [0.25, 0.3) is 0 Å². The van der Waals surface area contributed by atoms with Crippen LogP contribution in [0, 0.1) is 0 Å². The molecule has 0 saturated heterocycles. The maximum Gasteiger partial charge on any atom is 0.307 e. The van der Waals surface area contributed by atoms with Crippen LogP contribution in [-0.2, 0) is 14.3 Å². The van der Waals surface area contributed by atoms with E-state index < -0.39 is 0 Å². The van der Waals surface area contributed by atoms with Crippen molar-refractivity contribution in [1.82, 2.24) is 10.2 Å². The molecule has 7 nitrogen and oxygen atoms in total. The van der Waals surface area contributed by atoms with E-state index in [9.17, 15) is 14.4 Å². The highest BCUT2D eigenvalue weighted by atomic mass is 16.5. The summed E-state index contributed by atoms with van der Waals surface area (Å²) < 4.78 is 9.90. The molecule has 21 heavy (non-hydrogen) atoms. The number of carbonyl (C=O) groups excluding carboxylic acids is 3. The van der Waals surface area contributed by atoms with Gasteiger partial charge in [-0.3, -0.25) is 14.4 Å². The summed E-state index contributed by atoms with van der Waals surface area (Å²) in [5, 5.41) is 2.61. The lowest BCUT2D eigenvalue weighted by Gasteiger charge is -2.21. The Bertz CT molecular complexity index is 470. The van der Waals surface area contributed by atoms with E-state index in [1.165, 1.54) is 18.1 Å². The maximum atomic E-state index is 12.2. The van der Waals surface area contributed by atoms with Gasteiger partial charge in [0.15, 0.2) is 5.76 Å². The monoisotopic (exact) mass is 296 g/mol. The molecule has 0 radical (unpaired) electrons. The first kappa shape index (κ1) is 16.7. The number of nitrogens with one attached hydrogen (secondary N) is 1. The Hall–Kier alpha value is -2.31. The van der Waals surface area contributed by atoms with Gasteiger partial charge < -0.3 is 19.4 Å². The van der Waals surface area contributed by atoms with Gasteiger partial charge in [0.2, 0.25) is 5.91 Å². The molecular weight excluding hydrogens is 276 g/mol.